The van der Waals surface area contributed by atoms with Gasteiger partial charge in [0.25, 0.3) is 0 Å². The van der Waals surface area contributed by atoms with E-state index in [1.807, 2.05) is 78.9 Å². The van der Waals surface area contributed by atoms with Crippen LogP contribution in [-0.4, -0.2) is 9.97 Å². The van der Waals surface area contributed by atoms with Crippen LogP contribution in [0, 0.1) is 0 Å². The molecule has 0 amide bonds. The standard InChI is InChI=1S/C24H17Cl3N2S2/c25-18-11-9-16(10-12-18)14-30-15-19-13-22(31-23-20(26)7-4-8-21(23)27)29-24(28-19)17-5-2-1-3-6-17/h1-13H,14-15H2. The van der Waals surface area contributed by atoms with Gasteiger partial charge >= 0.3 is 0 Å². The molecule has 0 N–H and O–H groups in total. The van der Waals surface area contributed by atoms with E-state index in [1.54, 1.807) is 11.8 Å². The summed E-state index contributed by atoms with van der Waals surface area (Å²) in [5.41, 5.74) is 3.15. The molecule has 156 valence electrons. The average molecular weight is 504 g/mol. The van der Waals surface area contributed by atoms with Crippen molar-refractivity contribution in [1.82, 2.24) is 9.97 Å². The molecule has 0 aliphatic heterocycles. The number of halogens is 3. The van der Waals surface area contributed by atoms with Crippen molar-refractivity contribution in [2.45, 2.75) is 21.4 Å². The van der Waals surface area contributed by atoms with Gasteiger partial charge in [-0.1, -0.05) is 95.1 Å². The Morgan fingerprint density at radius 1 is 0.710 bits per heavy atom. The monoisotopic (exact) mass is 502 g/mol. The third kappa shape index (κ3) is 6.18. The molecule has 0 unspecified atom stereocenters. The van der Waals surface area contributed by atoms with E-state index in [0.29, 0.717) is 15.9 Å². The summed E-state index contributed by atoms with van der Waals surface area (Å²) < 4.78 is 0. The molecule has 1 aromatic heterocycles. The van der Waals surface area contributed by atoms with Crippen LogP contribution in [0.15, 0.2) is 88.8 Å². The van der Waals surface area contributed by atoms with Gasteiger partial charge in [-0.15, -0.1) is 0 Å². The Labute approximate surface area is 205 Å². The smallest absolute Gasteiger partial charge is 0.160 e. The lowest BCUT2D eigenvalue weighted by molar-refractivity contribution is 1.01. The van der Waals surface area contributed by atoms with E-state index >= 15 is 0 Å². The van der Waals surface area contributed by atoms with Gasteiger partial charge in [0.05, 0.1) is 20.6 Å². The predicted octanol–water partition coefficient (Wildman–Crippen LogP) is 8.69. The van der Waals surface area contributed by atoms with Crippen molar-refractivity contribution in [1.29, 1.82) is 0 Å². The van der Waals surface area contributed by atoms with Crippen LogP contribution in [0.2, 0.25) is 15.1 Å². The summed E-state index contributed by atoms with van der Waals surface area (Å²) in [6.07, 6.45) is 0. The van der Waals surface area contributed by atoms with Gasteiger partial charge in [0.15, 0.2) is 5.82 Å². The number of thioether (sulfide) groups is 1. The molecule has 0 bridgehead atoms. The number of aromatic nitrogens is 2. The first-order valence-electron chi connectivity index (χ1n) is 9.46. The maximum Gasteiger partial charge on any atom is 0.160 e. The topological polar surface area (TPSA) is 25.8 Å². The Morgan fingerprint density at radius 3 is 2.13 bits per heavy atom. The molecular weight excluding hydrogens is 487 g/mol. The van der Waals surface area contributed by atoms with Gasteiger partial charge in [0.2, 0.25) is 0 Å². The van der Waals surface area contributed by atoms with Crippen LogP contribution in [0.3, 0.4) is 0 Å². The highest BCUT2D eigenvalue weighted by atomic mass is 35.5. The maximum atomic E-state index is 6.38. The molecule has 0 saturated carbocycles. The fourth-order valence-electron chi connectivity index (χ4n) is 2.85. The SMILES string of the molecule is Clc1ccc(CSCc2cc(Sc3c(Cl)cccc3Cl)nc(-c3ccccc3)n2)cc1. The zero-order chi connectivity index (χ0) is 21.6. The molecule has 1 heterocycles. The second-order valence-electron chi connectivity index (χ2n) is 6.66. The summed E-state index contributed by atoms with van der Waals surface area (Å²) in [6, 6.07) is 25.4. The minimum absolute atomic E-state index is 0.607. The van der Waals surface area contributed by atoms with Crippen molar-refractivity contribution in [3.05, 3.63) is 105 Å². The molecule has 0 spiro atoms. The van der Waals surface area contributed by atoms with E-state index < -0.39 is 0 Å². The second kappa shape index (κ2) is 10.8. The Bertz CT molecular complexity index is 1150. The molecule has 7 heteroatoms. The number of hydrogen-bond acceptors (Lipinski definition) is 4. The van der Waals surface area contributed by atoms with Gasteiger partial charge in [-0.25, -0.2) is 9.97 Å². The lowest BCUT2D eigenvalue weighted by Crippen LogP contribution is -1.97. The quantitative estimate of drug-likeness (QED) is 0.236. The van der Waals surface area contributed by atoms with E-state index in [0.717, 1.165) is 37.7 Å². The second-order valence-corrected chi connectivity index (χ2v) is 9.93. The minimum atomic E-state index is 0.607. The van der Waals surface area contributed by atoms with Crippen LogP contribution in [0.25, 0.3) is 11.4 Å². The van der Waals surface area contributed by atoms with Crippen molar-refractivity contribution in [3.63, 3.8) is 0 Å². The molecule has 0 atom stereocenters. The molecule has 0 aliphatic rings. The summed E-state index contributed by atoms with van der Waals surface area (Å²) in [5, 5.41) is 2.77. The largest absolute Gasteiger partial charge is 0.232 e. The van der Waals surface area contributed by atoms with E-state index in [4.69, 9.17) is 44.8 Å². The van der Waals surface area contributed by atoms with E-state index in [1.165, 1.54) is 17.3 Å². The van der Waals surface area contributed by atoms with Crippen LogP contribution >= 0.6 is 58.3 Å². The molecule has 4 aromatic rings. The van der Waals surface area contributed by atoms with E-state index in [2.05, 4.69) is 0 Å². The zero-order valence-corrected chi connectivity index (χ0v) is 20.2. The van der Waals surface area contributed by atoms with Crippen molar-refractivity contribution < 1.29 is 0 Å². The first-order chi connectivity index (χ1) is 15.1. The fraction of sp³-hybridized carbons (Fsp3) is 0.0833. The fourth-order valence-corrected chi connectivity index (χ4v) is 5.36. The first kappa shape index (κ1) is 22.5. The summed E-state index contributed by atoms with van der Waals surface area (Å²) >= 11 is 22.0. The zero-order valence-electron chi connectivity index (χ0n) is 16.3. The predicted molar refractivity (Wildman–Crippen MR) is 135 cm³/mol. The van der Waals surface area contributed by atoms with Crippen molar-refractivity contribution in [2.75, 3.05) is 0 Å². The molecule has 0 radical (unpaired) electrons. The van der Waals surface area contributed by atoms with Crippen molar-refractivity contribution in [2.24, 2.45) is 0 Å². The van der Waals surface area contributed by atoms with Crippen LogP contribution in [-0.2, 0) is 11.5 Å². The van der Waals surface area contributed by atoms with Gasteiger partial charge in [0.1, 0.15) is 5.03 Å². The molecule has 3 aromatic carbocycles. The number of hydrogen-bond donors (Lipinski definition) is 0. The third-order valence-electron chi connectivity index (χ3n) is 4.35. The normalized spacial score (nSPS) is 10.9. The third-order valence-corrected chi connectivity index (χ3v) is 7.55. The molecule has 4 rings (SSSR count). The summed E-state index contributed by atoms with van der Waals surface area (Å²) in [4.78, 5) is 10.4. The summed E-state index contributed by atoms with van der Waals surface area (Å²) in [5.74, 6) is 2.32. The molecule has 31 heavy (non-hydrogen) atoms. The highest BCUT2D eigenvalue weighted by Crippen LogP contribution is 2.38. The Morgan fingerprint density at radius 2 is 1.42 bits per heavy atom. The molecule has 2 nitrogen and oxygen atoms in total. The number of nitrogens with zero attached hydrogens (tertiary/aromatic N) is 2. The Hall–Kier alpha value is -1.69. The van der Waals surface area contributed by atoms with Gasteiger partial charge in [0, 0.05) is 22.1 Å². The Balaban J connectivity index is 1.59. The molecule has 0 fully saturated rings. The lowest BCUT2D eigenvalue weighted by Gasteiger charge is -2.10. The first-order valence-corrected chi connectivity index (χ1v) is 12.6. The highest BCUT2D eigenvalue weighted by Gasteiger charge is 2.12. The highest BCUT2D eigenvalue weighted by molar-refractivity contribution is 7.99. The maximum absolute atomic E-state index is 6.38. The number of benzene rings is 3. The van der Waals surface area contributed by atoms with Crippen molar-refractivity contribution in [3.8, 4) is 11.4 Å². The Kier molecular flexibility index (Phi) is 7.81. The molecule has 0 aliphatic carbocycles. The van der Waals surface area contributed by atoms with Crippen LogP contribution in [0.1, 0.15) is 11.3 Å². The van der Waals surface area contributed by atoms with Gasteiger partial charge < -0.3 is 0 Å². The minimum Gasteiger partial charge on any atom is -0.232 e. The van der Waals surface area contributed by atoms with Crippen LogP contribution in [0.4, 0.5) is 0 Å². The van der Waals surface area contributed by atoms with Gasteiger partial charge in [-0.3, -0.25) is 0 Å². The summed E-state index contributed by atoms with van der Waals surface area (Å²) in [6.45, 7) is 0. The van der Waals surface area contributed by atoms with Crippen molar-refractivity contribution >= 4 is 58.3 Å². The average Bonchev–Trinajstić information content (AvgIpc) is 2.78. The molecule has 0 saturated heterocycles. The summed E-state index contributed by atoms with van der Waals surface area (Å²) in [7, 11) is 0. The molecular formula is C24H17Cl3N2S2. The lowest BCUT2D eigenvalue weighted by atomic mass is 10.2. The van der Waals surface area contributed by atoms with Gasteiger partial charge in [-0.2, -0.15) is 11.8 Å². The van der Waals surface area contributed by atoms with Crippen LogP contribution in [0.5, 0.6) is 0 Å². The van der Waals surface area contributed by atoms with E-state index in [9.17, 15) is 0 Å². The van der Waals surface area contributed by atoms with E-state index in [-0.39, 0.29) is 0 Å². The van der Waals surface area contributed by atoms with Crippen LogP contribution < -0.4 is 0 Å². The number of rotatable bonds is 7. The van der Waals surface area contributed by atoms with Gasteiger partial charge in [-0.05, 0) is 35.9 Å².